The molecule has 8 heteroatoms. The monoisotopic (exact) mass is 488 g/mol. The molecule has 0 aliphatic carbocycles. The molecule has 0 saturated carbocycles. The topological polar surface area (TPSA) is 99.2 Å². The number of nitrogens with one attached hydrogen (secondary N) is 1. The quantitative estimate of drug-likeness (QED) is 0.248. The van der Waals surface area contributed by atoms with Gasteiger partial charge in [0, 0.05) is 22.4 Å². The summed E-state index contributed by atoms with van der Waals surface area (Å²) in [5.74, 6) is -1.57. The van der Waals surface area contributed by atoms with Crippen molar-refractivity contribution in [2.45, 2.75) is 13.0 Å². The van der Waals surface area contributed by atoms with Crippen LogP contribution in [0, 0.1) is 6.92 Å². The van der Waals surface area contributed by atoms with Crippen molar-refractivity contribution >= 4 is 50.4 Å². The second kappa shape index (κ2) is 7.72. The highest BCUT2D eigenvalue weighted by atomic mass is 79.9. The number of imidazole rings is 1. The summed E-state index contributed by atoms with van der Waals surface area (Å²) in [6.07, 6.45) is 3.18. The maximum absolute atomic E-state index is 13.2. The lowest BCUT2D eigenvalue weighted by Gasteiger charge is -2.22. The number of nitrogens with zero attached hydrogens (tertiary/aromatic N) is 3. The van der Waals surface area contributed by atoms with E-state index in [9.17, 15) is 14.7 Å². The molecule has 0 radical (unpaired) electrons. The zero-order valence-corrected chi connectivity index (χ0v) is 18.5. The van der Waals surface area contributed by atoms with E-state index in [0.717, 1.165) is 15.6 Å². The van der Waals surface area contributed by atoms with Crippen molar-refractivity contribution in [3.05, 3.63) is 93.7 Å². The molecule has 1 amide bonds. The number of carbonyl (C=O) groups excluding carboxylic acids is 2. The minimum Gasteiger partial charge on any atom is -0.507 e. The number of halogens is 1. The van der Waals surface area contributed by atoms with Gasteiger partial charge >= 0.3 is 5.91 Å². The Hall–Kier alpha value is -3.78. The Labute approximate surface area is 191 Å². The van der Waals surface area contributed by atoms with Crippen molar-refractivity contribution in [1.82, 2.24) is 15.0 Å². The fourth-order valence-electron chi connectivity index (χ4n) is 3.89. The number of Topliss-reactive ketones (excluding diaryl/α,β-unsaturated/α-hetero) is 1. The summed E-state index contributed by atoms with van der Waals surface area (Å²) in [5.41, 5.74) is 3.46. The highest BCUT2D eigenvalue weighted by Crippen LogP contribution is 2.41. The lowest BCUT2D eigenvalue weighted by molar-refractivity contribution is -0.132. The molecule has 158 valence electrons. The molecular formula is C24H17BrN4O3. The van der Waals surface area contributed by atoms with Gasteiger partial charge in [-0.05, 0) is 48.4 Å². The Morgan fingerprint density at radius 1 is 1.12 bits per heavy atom. The summed E-state index contributed by atoms with van der Waals surface area (Å²) in [5, 5.41) is 11.1. The Balaban J connectivity index is 1.72. The molecule has 7 nitrogen and oxygen atoms in total. The predicted octanol–water partition coefficient (Wildman–Crippen LogP) is 4.66. The van der Waals surface area contributed by atoms with E-state index in [1.165, 1.54) is 4.90 Å². The average molecular weight is 489 g/mol. The number of H-pyrrole nitrogens is 1. The largest absolute Gasteiger partial charge is 0.507 e. The minimum absolute atomic E-state index is 0.0121. The summed E-state index contributed by atoms with van der Waals surface area (Å²) < 4.78 is 0.830. The number of anilines is 1. The van der Waals surface area contributed by atoms with Gasteiger partial charge in [-0.3, -0.25) is 19.5 Å². The fourth-order valence-corrected chi connectivity index (χ4v) is 4.16. The van der Waals surface area contributed by atoms with Gasteiger partial charge in [0.15, 0.2) is 0 Å². The molecule has 1 atom stereocenters. The number of ketones is 1. The maximum atomic E-state index is 13.2. The second-order valence-electron chi connectivity index (χ2n) is 7.54. The predicted molar refractivity (Wildman–Crippen MR) is 124 cm³/mol. The van der Waals surface area contributed by atoms with E-state index in [4.69, 9.17) is 0 Å². The number of aliphatic hydroxyl groups is 1. The van der Waals surface area contributed by atoms with E-state index in [1.807, 2.05) is 25.1 Å². The zero-order valence-electron chi connectivity index (χ0n) is 16.9. The molecule has 0 spiro atoms. The lowest BCUT2D eigenvalue weighted by atomic mass is 9.96. The highest BCUT2D eigenvalue weighted by molar-refractivity contribution is 9.10. The number of aryl methyl sites for hydroxylation is 1. The van der Waals surface area contributed by atoms with E-state index < -0.39 is 17.7 Å². The Morgan fingerprint density at radius 3 is 2.62 bits per heavy atom. The van der Waals surface area contributed by atoms with Crippen molar-refractivity contribution in [1.29, 1.82) is 0 Å². The van der Waals surface area contributed by atoms with Gasteiger partial charge in [-0.15, -0.1) is 0 Å². The summed E-state index contributed by atoms with van der Waals surface area (Å²) >= 11 is 3.36. The summed E-state index contributed by atoms with van der Waals surface area (Å²) in [7, 11) is 0. The number of hydrogen-bond acceptors (Lipinski definition) is 5. The fraction of sp³-hybridized carbons (Fsp3) is 0.0833. The molecule has 32 heavy (non-hydrogen) atoms. The van der Waals surface area contributed by atoms with Gasteiger partial charge in [-0.2, -0.15) is 0 Å². The van der Waals surface area contributed by atoms with Crippen LogP contribution in [0.15, 0.2) is 77.0 Å². The number of aromatic amines is 1. The molecule has 1 saturated heterocycles. The zero-order chi connectivity index (χ0) is 22.4. The average Bonchev–Trinajstić information content (AvgIpc) is 3.32. The van der Waals surface area contributed by atoms with E-state index >= 15 is 0 Å². The molecule has 3 heterocycles. The SMILES string of the molecule is Cc1ccc2nc(N3C(=O)C(=O)/C(=C(/O)c4ccc(Br)cc4)C3c3cccnc3)[nH]c2c1. The molecule has 5 rings (SSSR count). The Kier molecular flexibility index (Phi) is 4.86. The van der Waals surface area contributed by atoms with E-state index in [1.54, 1.807) is 48.8 Å². The second-order valence-corrected chi connectivity index (χ2v) is 8.46. The number of aromatic nitrogens is 3. The van der Waals surface area contributed by atoms with Gasteiger partial charge in [0.1, 0.15) is 5.76 Å². The van der Waals surface area contributed by atoms with Crippen LogP contribution in [0.5, 0.6) is 0 Å². The third kappa shape index (κ3) is 3.29. The van der Waals surface area contributed by atoms with Crippen LogP contribution < -0.4 is 4.90 Å². The van der Waals surface area contributed by atoms with Crippen molar-refractivity contribution < 1.29 is 14.7 Å². The molecule has 2 aromatic heterocycles. The summed E-state index contributed by atoms with van der Waals surface area (Å²) in [4.78, 5) is 39.4. The number of carbonyl (C=O) groups is 2. The number of aliphatic hydroxyl groups excluding tert-OH is 1. The van der Waals surface area contributed by atoms with Gasteiger partial charge in [-0.1, -0.05) is 40.2 Å². The molecule has 1 aliphatic rings. The maximum Gasteiger partial charge on any atom is 0.302 e. The number of benzene rings is 2. The van der Waals surface area contributed by atoms with Crippen LogP contribution in [0.25, 0.3) is 16.8 Å². The standard InChI is InChI=1S/C24H17BrN4O3/c1-13-4-9-17-18(11-13)28-24(27-17)29-20(15-3-2-10-26-12-15)19(22(31)23(29)32)21(30)14-5-7-16(25)8-6-14/h2-12,20,30H,1H3,(H,27,28)/b21-19+. The van der Waals surface area contributed by atoms with Gasteiger partial charge in [0.25, 0.3) is 5.78 Å². The number of pyridine rings is 1. The van der Waals surface area contributed by atoms with Crippen LogP contribution >= 0.6 is 15.9 Å². The van der Waals surface area contributed by atoms with Crippen LogP contribution in [0.3, 0.4) is 0 Å². The highest BCUT2D eigenvalue weighted by Gasteiger charge is 2.48. The molecule has 0 bridgehead atoms. The van der Waals surface area contributed by atoms with Crippen LogP contribution in [0.2, 0.25) is 0 Å². The number of fused-ring (bicyclic) bond motifs is 1. The smallest absolute Gasteiger partial charge is 0.302 e. The first-order valence-corrected chi connectivity index (χ1v) is 10.7. The van der Waals surface area contributed by atoms with Crippen molar-refractivity contribution in [3.8, 4) is 0 Å². The van der Waals surface area contributed by atoms with Crippen LogP contribution in [0.1, 0.15) is 22.7 Å². The molecule has 1 fully saturated rings. The van der Waals surface area contributed by atoms with Crippen LogP contribution in [0.4, 0.5) is 5.95 Å². The van der Waals surface area contributed by atoms with Crippen LogP contribution in [-0.4, -0.2) is 31.7 Å². The molecular weight excluding hydrogens is 472 g/mol. The van der Waals surface area contributed by atoms with Crippen molar-refractivity contribution in [2.24, 2.45) is 0 Å². The third-order valence-corrected chi connectivity index (χ3v) is 5.94. The van der Waals surface area contributed by atoms with Gasteiger partial charge in [0.2, 0.25) is 5.95 Å². The summed E-state index contributed by atoms with van der Waals surface area (Å²) in [6.45, 7) is 1.96. The van der Waals surface area contributed by atoms with Crippen molar-refractivity contribution in [2.75, 3.05) is 4.90 Å². The lowest BCUT2D eigenvalue weighted by Crippen LogP contribution is -2.30. The first-order chi connectivity index (χ1) is 15.4. The molecule has 1 unspecified atom stereocenters. The van der Waals surface area contributed by atoms with Crippen molar-refractivity contribution in [3.63, 3.8) is 0 Å². The number of amides is 1. The number of rotatable bonds is 3. The van der Waals surface area contributed by atoms with E-state index in [-0.39, 0.29) is 17.3 Å². The van der Waals surface area contributed by atoms with E-state index in [0.29, 0.717) is 16.6 Å². The number of hydrogen-bond donors (Lipinski definition) is 2. The summed E-state index contributed by atoms with van der Waals surface area (Å²) in [6, 6.07) is 15.2. The first-order valence-electron chi connectivity index (χ1n) is 9.87. The molecule has 1 aliphatic heterocycles. The normalized spacial score (nSPS) is 17.9. The Morgan fingerprint density at radius 2 is 1.91 bits per heavy atom. The van der Waals surface area contributed by atoms with Crippen LogP contribution in [-0.2, 0) is 9.59 Å². The minimum atomic E-state index is -0.881. The first kappa shape index (κ1) is 20.1. The van der Waals surface area contributed by atoms with Gasteiger partial charge < -0.3 is 10.1 Å². The molecule has 2 N–H and O–H groups in total. The van der Waals surface area contributed by atoms with Gasteiger partial charge in [0.05, 0.1) is 22.6 Å². The molecule has 2 aromatic carbocycles. The molecule has 4 aromatic rings. The van der Waals surface area contributed by atoms with E-state index in [2.05, 4.69) is 30.9 Å². The Bertz CT molecular complexity index is 1390. The third-order valence-electron chi connectivity index (χ3n) is 5.42. The van der Waals surface area contributed by atoms with Gasteiger partial charge in [-0.25, -0.2) is 4.98 Å².